The first kappa shape index (κ1) is 55.8. The third kappa shape index (κ3) is 43.4. The number of ether oxygens (including phenoxy) is 1. The Morgan fingerprint density at radius 3 is 1.45 bits per heavy atom. The van der Waals surface area contributed by atoms with E-state index in [4.69, 9.17) is 4.74 Å². The van der Waals surface area contributed by atoms with E-state index >= 15 is 0 Å². The van der Waals surface area contributed by atoms with Gasteiger partial charge in [0.1, 0.15) is 0 Å². The molecule has 0 aromatic rings. The minimum Gasteiger partial charge on any atom is -0.466 e. The van der Waals surface area contributed by atoms with Gasteiger partial charge < -0.3 is 20.3 Å². The van der Waals surface area contributed by atoms with Crippen molar-refractivity contribution in [1.82, 2.24) is 5.32 Å². The van der Waals surface area contributed by atoms with Crippen molar-refractivity contribution in [2.75, 3.05) is 13.2 Å². The number of carbonyl (C=O) groups is 2. The van der Waals surface area contributed by atoms with Crippen LogP contribution in [0.5, 0.6) is 0 Å². The van der Waals surface area contributed by atoms with Crippen LogP contribution in [0.4, 0.5) is 0 Å². The molecular formula is C52H95NO5. The standard InChI is InChI=1S/C52H95NO5/c1-3-5-7-9-11-13-15-16-18-22-26-30-34-38-42-46-52(57)58-47-43-39-35-31-27-23-20-17-19-21-25-29-33-37-41-45-51(56)53-49(48-54)50(55)44-40-36-32-28-24-14-12-10-8-6-4-2/h11,13,16-18,20,23,27,49-50,54-55H,3-10,12,14-15,19,21-22,24-26,28-48H2,1-2H3,(H,53,56)/b13-11-,18-16-,20-17-,27-23-. The lowest BCUT2D eigenvalue weighted by Crippen LogP contribution is -2.45. The van der Waals surface area contributed by atoms with Crippen LogP contribution in [0.1, 0.15) is 245 Å². The van der Waals surface area contributed by atoms with E-state index in [9.17, 15) is 19.8 Å². The highest BCUT2D eigenvalue weighted by atomic mass is 16.5. The molecule has 6 nitrogen and oxygen atoms in total. The third-order valence-corrected chi connectivity index (χ3v) is 11.1. The highest BCUT2D eigenvalue weighted by molar-refractivity contribution is 5.76. The van der Waals surface area contributed by atoms with Crippen molar-refractivity contribution in [2.45, 2.75) is 257 Å². The fourth-order valence-electron chi connectivity index (χ4n) is 7.25. The van der Waals surface area contributed by atoms with Crippen molar-refractivity contribution in [2.24, 2.45) is 0 Å². The second kappa shape index (κ2) is 47.5. The number of allylic oxidation sites excluding steroid dienone is 8. The van der Waals surface area contributed by atoms with Crippen molar-refractivity contribution >= 4 is 11.9 Å². The average Bonchev–Trinajstić information content (AvgIpc) is 3.22. The Bertz CT molecular complexity index is 988. The van der Waals surface area contributed by atoms with Crippen molar-refractivity contribution < 1.29 is 24.5 Å². The molecule has 2 atom stereocenters. The Balaban J connectivity index is 3.54. The normalized spacial score (nSPS) is 13.1. The van der Waals surface area contributed by atoms with Gasteiger partial charge in [-0.25, -0.2) is 0 Å². The molecule has 0 fully saturated rings. The van der Waals surface area contributed by atoms with Crippen LogP contribution in [0.15, 0.2) is 48.6 Å². The lowest BCUT2D eigenvalue weighted by atomic mass is 10.0. The molecule has 2 unspecified atom stereocenters. The molecule has 0 heterocycles. The maximum Gasteiger partial charge on any atom is 0.305 e. The molecule has 0 saturated carbocycles. The van der Waals surface area contributed by atoms with Gasteiger partial charge in [-0.15, -0.1) is 0 Å². The van der Waals surface area contributed by atoms with Crippen LogP contribution in [-0.2, 0) is 14.3 Å². The lowest BCUT2D eigenvalue weighted by molar-refractivity contribution is -0.143. The first-order valence-corrected chi connectivity index (χ1v) is 24.9. The Hall–Kier alpha value is -2.18. The summed E-state index contributed by atoms with van der Waals surface area (Å²) in [7, 11) is 0. The summed E-state index contributed by atoms with van der Waals surface area (Å²) < 4.78 is 5.43. The zero-order valence-corrected chi connectivity index (χ0v) is 38.3. The topological polar surface area (TPSA) is 95.9 Å². The van der Waals surface area contributed by atoms with E-state index in [1.807, 2.05) is 0 Å². The monoisotopic (exact) mass is 814 g/mol. The zero-order chi connectivity index (χ0) is 42.3. The van der Waals surface area contributed by atoms with Gasteiger partial charge in [-0.3, -0.25) is 9.59 Å². The van der Waals surface area contributed by atoms with E-state index in [1.165, 1.54) is 122 Å². The van der Waals surface area contributed by atoms with Crippen LogP contribution >= 0.6 is 0 Å². The van der Waals surface area contributed by atoms with E-state index < -0.39 is 12.1 Å². The van der Waals surface area contributed by atoms with Gasteiger partial charge in [0, 0.05) is 12.8 Å². The van der Waals surface area contributed by atoms with Gasteiger partial charge in [-0.05, 0) is 89.9 Å². The summed E-state index contributed by atoms with van der Waals surface area (Å²) in [6.07, 6.45) is 57.9. The van der Waals surface area contributed by atoms with E-state index in [0.717, 1.165) is 89.9 Å². The highest BCUT2D eigenvalue weighted by Gasteiger charge is 2.20. The number of unbranched alkanes of at least 4 members (excludes halogenated alkanes) is 27. The van der Waals surface area contributed by atoms with Gasteiger partial charge in [0.05, 0.1) is 25.4 Å². The van der Waals surface area contributed by atoms with Gasteiger partial charge in [0.2, 0.25) is 5.91 Å². The fourth-order valence-corrected chi connectivity index (χ4v) is 7.25. The molecule has 0 aromatic carbocycles. The predicted molar refractivity (Wildman–Crippen MR) is 250 cm³/mol. The summed E-state index contributed by atoms with van der Waals surface area (Å²) in [5.41, 5.74) is 0. The van der Waals surface area contributed by atoms with Gasteiger partial charge >= 0.3 is 5.97 Å². The predicted octanol–water partition coefficient (Wildman–Crippen LogP) is 14.7. The van der Waals surface area contributed by atoms with Crippen molar-refractivity contribution in [1.29, 1.82) is 0 Å². The summed E-state index contributed by atoms with van der Waals surface area (Å²) in [4.78, 5) is 24.4. The molecular weight excluding hydrogens is 719 g/mol. The summed E-state index contributed by atoms with van der Waals surface area (Å²) in [5, 5.41) is 23.1. The molecule has 0 aromatic heterocycles. The van der Waals surface area contributed by atoms with Gasteiger partial charge in [0.15, 0.2) is 0 Å². The van der Waals surface area contributed by atoms with Crippen LogP contribution in [-0.4, -0.2) is 47.4 Å². The second-order valence-corrected chi connectivity index (χ2v) is 16.8. The second-order valence-electron chi connectivity index (χ2n) is 16.8. The number of aliphatic hydroxyl groups excluding tert-OH is 2. The molecule has 0 radical (unpaired) electrons. The van der Waals surface area contributed by atoms with E-state index in [0.29, 0.717) is 25.9 Å². The minimum absolute atomic E-state index is 0.0368. The van der Waals surface area contributed by atoms with Gasteiger partial charge in [0.25, 0.3) is 0 Å². The highest BCUT2D eigenvalue weighted by Crippen LogP contribution is 2.15. The van der Waals surface area contributed by atoms with Crippen LogP contribution in [0, 0.1) is 0 Å². The van der Waals surface area contributed by atoms with Crippen LogP contribution < -0.4 is 5.32 Å². The molecule has 6 heteroatoms. The molecule has 0 aliphatic carbocycles. The van der Waals surface area contributed by atoms with Crippen LogP contribution in [0.25, 0.3) is 0 Å². The molecule has 1 amide bonds. The molecule has 0 spiro atoms. The molecule has 0 bridgehead atoms. The molecule has 0 rings (SSSR count). The van der Waals surface area contributed by atoms with E-state index in [2.05, 4.69) is 67.8 Å². The first-order chi connectivity index (χ1) is 28.5. The summed E-state index contributed by atoms with van der Waals surface area (Å²) in [5.74, 6) is -0.0977. The number of rotatable bonds is 45. The number of amides is 1. The molecule has 58 heavy (non-hydrogen) atoms. The molecule has 3 N–H and O–H groups in total. The third-order valence-electron chi connectivity index (χ3n) is 11.1. The Morgan fingerprint density at radius 1 is 0.500 bits per heavy atom. The Kier molecular flexibility index (Phi) is 45.7. The smallest absolute Gasteiger partial charge is 0.305 e. The first-order valence-electron chi connectivity index (χ1n) is 24.9. The maximum absolute atomic E-state index is 12.4. The average molecular weight is 814 g/mol. The van der Waals surface area contributed by atoms with Crippen molar-refractivity contribution in [3.05, 3.63) is 48.6 Å². The Morgan fingerprint density at radius 2 is 0.914 bits per heavy atom. The molecule has 0 aliphatic rings. The number of nitrogens with one attached hydrogen (secondary N) is 1. The van der Waals surface area contributed by atoms with Gasteiger partial charge in [-0.1, -0.05) is 191 Å². The summed E-state index contributed by atoms with van der Waals surface area (Å²) in [6, 6.07) is -0.558. The van der Waals surface area contributed by atoms with Crippen LogP contribution in [0.2, 0.25) is 0 Å². The largest absolute Gasteiger partial charge is 0.466 e. The maximum atomic E-state index is 12.4. The van der Waals surface area contributed by atoms with E-state index in [-0.39, 0.29) is 18.5 Å². The number of hydrogen-bond donors (Lipinski definition) is 3. The van der Waals surface area contributed by atoms with Gasteiger partial charge in [-0.2, -0.15) is 0 Å². The number of carbonyl (C=O) groups excluding carboxylic acids is 2. The number of esters is 1. The van der Waals surface area contributed by atoms with Crippen molar-refractivity contribution in [3.63, 3.8) is 0 Å². The quantitative estimate of drug-likeness (QED) is 0.0246. The summed E-state index contributed by atoms with van der Waals surface area (Å²) >= 11 is 0. The zero-order valence-electron chi connectivity index (χ0n) is 38.3. The number of aliphatic hydroxyl groups is 2. The molecule has 338 valence electrons. The van der Waals surface area contributed by atoms with Crippen LogP contribution in [0.3, 0.4) is 0 Å². The SMILES string of the molecule is CCCCC/C=C\C/C=C\CCCCCCCC(=O)OCCCCC/C=C\C=C/CCCCCCCCC(=O)NC(CO)C(O)CCCCCCCCCCCCC. The molecule has 0 saturated heterocycles. The summed E-state index contributed by atoms with van der Waals surface area (Å²) in [6.45, 7) is 4.84. The minimum atomic E-state index is -0.678. The molecule has 0 aliphatic heterocycles. The fraction of sp³-hybridized carbons (Fsp3) is 0.808. The van der Waals surface area contributed by atoms with E-state index in [1.54, 1.807) is 0 Å². The number of hydrogen-bond acceptors (Lipinski definition) is 5. The Labute approximate surface area is 359 Å². The lowest BCUT2D eigenvalue weighted by Gasteiger charge is -2.22. The van der Waals surface area contributed by atoms with Crippen molar-refractivity contribution in [3.8, 4) is 0 Å².